The fourth-order valence-electron chi connectivity index (χ4n) is 3.58. The molecule has 104 valence electrons. The summed E-state index contributed by atoms with van der Waals surface area (Å²) in [4.78, 5) is 2.61. The van der Waals surface area contributed by atoms with Crippen molar-refractivity contribution >= 4 is 5.69 Å². The third-order valence-corrected chi connectivity index (χ3v) is 4.42. The van der Waals surface area contributed by atoms with E-state index in [1.54, 1.807) is 0 Å². The third kappa shape index (κ3) is 2.37. The van der Waals surface area contributed by atoms with Crippen LogP contribution in [0.25, 0.3) is 0 Å². The van der Waals surface area contributed by atoms with Crippen molar-refractivity contribution in [2.24, 2.45) is 5.92 Å². The number of morpholine rings is 1. The standard InChI is InChI=1S/C16H24N2O/c1-11-8-12(2)15-14(9-11)17-10-13(3)16(15)18-4-6-19-7-5-18/h8-9,13,16-17H,4-7,10H2,1-3H3. The summed E-state index contributed by atoms with van der Waals surface area (Å²) in [7, 11) is 0. The lowest BCUT2D eigenvalue weighted by Gasteiger charge is -2.42. The number of anilines is 1. The number of hydrogen-bond acceptors (Lipinski definition) is 3. The fraction of sp³-hybridized carbons (Fsp3) is 0.625. The average molecular weight is 260 g/mol. The van der Waals surface area contributed by atoms with Crippen molar-refractivity contribution in [2.75, 3.05) is 38.2 Å². The van der Waals surface area contributed by atoms with Crippen LogP contribution < -0.4 is 5.32 Å². The molecule has 1 saturated heterocycles. The van der Waals surface area contributed by atoms with Crippen LogP contribution >= 0.6 is 0 Å². The van der Waals surface area contributed by atoms with E-state index in [2.05, 4.69) is 43.1 Å². The summed E-state index contributed by atoms with van der Waals surface area (Å²) in [5, 5.41) is 3.61. The van der Waals surface area contributed by atoms with Crippen LogP contribution in [-0.4, -0.2) is 37.7 Å². The van der Waals surface area contributed by atoms with Gasteiger partial charge in [0.2, 0.25) is 0 Å². The van der Waals surface area contributed by atoms with Crippen molar-refractivity contribution in [3.05, 3.63) is 28.8 Å². The third-order valence-electron chi connectivity index (χ3n) is 4.42. The van der Waals surface area contributed by atoms with Crippen LogP contribution in [0.5, 0.6) is 0 Å². The van der Waals surface area contributed by atoms with Crippen molar-refractivity contribution in [1.29, 1.82) is 0 Å². The first-order chi connectivity index (χ1) is 9.16. The lowest BCUT2D eigenvalue weighted by Crippen LogP contribution is -2.44. The predicted molar refractivity (Wildman–Crippen MR) is 78.7 cm³/mol. The zero-order chi connectivity index (χ0) is 13.4. The molecular weight excluding hydrogens is 236 g/mol. The van der Waals surface area contributed by atoms with E-state index in [0.717, 1.165) is 32.8 Å². The highest BCUT2D eigenvalue weighted by molar-refractivity contribution is 5.60. The Balaban J connectivity index is 2.00. The van der Waals surface area contributed by atoms with E-state index in [1.807, 2.05) is 0 Å². The highest BCUT2D eigenvalue weighted by Gasteiger charge is 2.33. The highest BCUT2D eigenvalue weighted by Crippen LogP contribution is 2.40. The summed E-state index contributed by atoms with van der Waals surface area (Å²) in [5.74, 6) is 0.645. The quantitative estimate of drug-likeness (QED) is 0.840. The van der Waals surface area contributed by atoms with Gasteiger partial charge in [-0.2, -0.15) is 0 Å². The Hall–Kier alpha value is -1.06. The number of nitrogens with zero attached hydrogens (tertiary/aromatic N) is 1. The van der Waals surface area contributed by atoms with Crippen LogP contribution in [-0.2, 0) is 4.74 Å². The highest BCUT2D eigenvalue weighted by atomic mass is 16.5. The zero-order valence-corrected chi connectivity index (χ0v) is 12.2. The molecule has 0 amide bonds. The Kier molecular flexibility index (Phi) is 3.50. The zero-order valence-electron chi connectivity index (χ0n) is 12.2. The van der Waals surface area contributed by atoms with Gasteiger partial charge in [0, 0.05) is 31.4 Å². The molecule has 2 heterocycles. The van der Waals surface area contributed by atoms with Crippen LogP contribution in [0.2, 0.25) is 0 Å². The van der Waals surface area contributed by atoms with E-state index in [-0.39, 0.29) is 0 Å². The minimum atomic E-state index is 0.542. The van der Waals surface area contributed by atoms with E-state index in [0.29, 0.717) is 12.0 Å². The van der Waals surface area contributed by atoms with Crippen molar-refractivity contribution in [3.63, 3.8) is 0 Å². The second kappa shape index (κ2) is 5.14. The number of rotatable bonds is 1. The molecule has 2 aliphatic rings. The molecule has 2 atom stereocenters. The number of hydrogen-bond donors (Lipinski definition) is 1. The molecule has 0 aliphatic carbocycles. The topological polar surface area (TPSA) is 24.5 Å². The smallest absolute Gasteiger partial charge is 0.0594 e. The van der Waals surface area contributed by atoms with Crippen LogP contribution in [0, 0.1) is 19.8 Å². The lowest BCUT2D eigenvalue weighted by molar-refractivity contribution is 0.00403. The Morgan fingerprint density at radius 2 is 1.95 bits per heavy atom. The first kappa shape index (κ1) is 12.9. The minimum absolute atomic E-state index is 0.542. The van der Waals surface area contributed by atoms with E-state index >= 15 is 0 Å². The van der Waals surface area contributed by atoms with Crippen molar-refractivity contribution in [2.45, 2.75) is 26.8 Å². The summed E-state index contributed by atoms with van der Waals surface area (Å²) in [6.07, 6.45) is 0. The molecule has 0 radical (unpaired) electrons. The number of benzene rings is 1. The maximum absolute atomic E-state index is 5.51. The Labute approximate surface area is 115 Å². The molecule has 1 N–H and O–H groups in total. The lowest BCUT2D eigenvalue weighted by atomic mass is 9.84. The SMILES string of the molecule is Cc1cc(C)c2c(c1)NCC(C)C2N1CCOCC1. The van der Waals surface area contributed by atoms with E-state index in [1.165, 1.54) is 22.4 Å². The van der Waals surface area contributed by atoms with Gasteiger partial charge in [-0.25, -0.2) is 0 Å². The number of nitrogens with one attached hydrogen (secondary N) is 1. The molecule has 19 heavy (non-hydrogen) atoms. The maximum Gasteiger partial charge on any atom is 0.0594 e. The average Bonchev–Trinajstić information content (AvgIpc) is 2.40. The summed E-state index contributed by atoms with van der Waals surface area (Å²) in [5.41, 5.74) is 5.61. The van der Waals surface area contributed by atoms with Crippen LogP contribution in [0.4, 0.5) is 5.69 Å². The number of aryl methyl sites for hydroxylation is 2. The Bertz CT molecular complexity index is 466. The van der Waals surface area contributed by atoms with Crippen molar-refractivity contribution in [1.82, 2.24) is 4.90 Å². The molecule has 2 unspecified atom stereocenters. The molecular formula is C16H24N2O. The van der Waals surface area contributed by atoms with Crippen molar-refractivity contribution < 1.29 is 4.74 Å². The van der Waals surface area contributed by atoms with Crippen LogP contribution in [0.1, 0.15) is 29.7 Å². The normalized spacial score (nSPS) is 27.7. The number of fused-ring (bicyclic) bond motifs is 1. The molecule has 3 heteroatoms. The summed E-state index contributed by atoms with van der Waals surface area (Å²) in [6.45, 7) is 11.7. The van der Waals surface area contributed by atoms with E-state index in [9.17, 15) is 0 Å². The molecule has 0 aromatic heterocycles. The van der Waals surface area contributed by atoms with Gasteiger partial charge in [-0.1, -0.05) is 13.0 Å². The van der Waals surface area contributed by atoms with Gasteiger partial charge in [0.25, 0.3) is 0 Å². The van der Waals surface area contributed by atoms with Crippen LogP contribution in [0.15, 0.2) is 12.1 Å². The largest absolute Gasteiger partial charge is 0.384 e. The van der Waals surface area contributed by atoms with E-state index in [4.69, 9.17) is 4.74 Å². The van der Waals surface area contributed by atoms with Crippen LogP contribution in [0.3, 0.4) is 0 Å². The van der Waals surface area contributed by atoms with Gasteiger partial charge >= 0.3 is 0 Å². The molecule has 0 saturated carbocycles. The fourth-order valence-corrected chi connectivity index (χ4v) is 3.58. The minimum Gasteiger partial charge on any atom is -0.384 e. The van der Waals surface area contributed by atoms with Gasteiger partial charge in [-0.3, -0.25) is 4.90 Å². The molecule has 0 spiro atoms. The van der Waals surface area contributed by atoms with Gasteiger partial charge in [0.15, 0.2) is 0 Å². The molecule has 2 aliphatic heterocycles. The van der Waals surface area contributed by atoms with E-state index < -0.39 is 0 Å². The Morgan fingerprint density at radius 3 is 2.68 bits per heavy atom. The summed E-state index contributed by atoms with van der Waals surface area (Å²) < 4.78 is 5.51. The monoisotopic (exact) mass is 260 g/mol. The van der Waals surface area contributed by atoms with Crippen molar-refractivity contribution in [3.8, 4) is 0 Å². The molecule has 1 aromatic rings. The second-order valence-electron chi connectivity index (χ2n) is 5.99. The predicted octanol–water partition coefficient (Wildman–Crippen LogP) is 2.74. The molecule has 3 nitrogen and oxygen atoms in total. The number of ether oxygens (including phenoxy) is 1. The molecule has 0 bridgehead atoms. The molecule has 1 fully saturated rings. The summed E-state index contributed by atoms with van der Waals surface area (Å²) >= 11 is 0. The van der Waals surface area contributed by atoms with Gasteiger partial charge in [-0.15, -0.1) is 0 Å². The maximum atomic E-state index is 5.51. The molecule has 1 aromatic carbocycles. The van der Waals surface area contributed by atoms with Gasteiger partial charge < -0.3 is 10.1 Å². The Morgan fingerprint density at radius 1 is 1.21 bits per heavy atom. The second-order valence-corrected chi connectivity index (χ2v) is 5.99. The molecule has 3 rings (SSSR count). The van der Waals surface area contributed by atoms with Gasteiger partial charge in [0.1, 0.15) is 0 Å². The summed E-state index contributed by atoms with van der Waals surface area (Å²) in [6, 6.07) is 5.15. The van der Waals surface area contributed by atoms with Gasteiger partial charge in [0.05, 0.1) is 13.2 Å². The first-order valence-corrected chi connectivity index (χ1v) is 7.33. The van der Waals surface area contributed by atoms with Gasteiger partial charge in [-0.05, 0) is 42.5 Å². The first-order valence-electron chi connectivity index (χ1n) is 7.33.